The zero-order valence-corrected chi connectivity index (χ0v) is 73.4. The lowest BCUT2D eigenvalue weighted by Crippen LogP contribution is -2.43. The number of aliphatic hydroxyl groups is 1. The number of ketones is 3. The molecule has 4 amide bonds. The van der Waals surface area contributed by atoms with Crippen LogP contribution in [0.5, 0.6) is 0 Å². The van der Waals surface area contributed by atoms with Crippen LogP contribution in [0.25, 0.3) is 69.2 Å². The van der Waals surface area contributed by atoms with Gasteiger partial charge in [0.1, 0.15) is 57.7 Å². The molecule has 0 saturated heterocycles. The van der Waals surface area contributed by atoms with Crippen molar-refractivity contribution >= 4 is 139 Å². The van der Waals surface area contributed by atoms with E-state index in [2.05, 4.69) is 65.0 Å². The molecule has 5 aromatic carbocycles. The zero-order valence-electron chi connectivity index (χ0n) is 68.7. The molecule has 6 aromatic heterocycles. The topological polar surface area (TPSA) is 305 Å². The van der Waals surface area contributed by atoms with Crippen molar-refractivity contribution in [3.63, 3.8) is 0 Å². The summed E-state index contributed by atoms with van der Waals surface area (Å²) in [5.74, 6) is 6.11. The van der Waals surface area contributed by atoms with Gasteiger partial charge < -0.3 is 31.9 Å². The number of halogens is 4. The highest BCUT2D eigenvalue weighted by Gasteiger charge is 2.37. The van der Waals surface area contributed by atoms with Crippen LogP contribution in [0.1, 0.15) is 135 Å². The number of imide groups is 2. The van der Waals surface area contributed by atoms with Crippen LogP contribution in [0.3, 0.4) is 0 Å². The number of thioether (sulfide) groups is 1. The maximum absolute atomic E-state index is 13.0. The molecular weight excluding hydrogens is 1720 g/mol. The van der Waals surface area contributed by atoms with Gasteiger partial charge in [0.05, 0.1) is 45.9 Å². The molecule has 11 aromatic rings. The fourth-order valence-corrected chi connectivity index (χ4v) is 14.5. The Balaban J connectivity index is 0.000000154. The highest BCUT2D eigenvalue weighted by molar-refractivity contribution is 9.10. The van der Waals surface area contributed by atoms with E-state index in [9.17, 15) is 43.6 Å². The van der Waals surface area contributed by atoms with Crippen LogP contribution >= 0.6 is 62.5 Å². The largest absolute Gasteiger partial charge is 0.469 e. The number of hydrogen-bond donors (Lipinski definition) is 1. The van der Waals surface area contributed by atoms with Crippen molar-refractivity contribution in [1.29, 1.82) is 5.26 Å². The normalized spacial score (nSPS) is 14.4. The predicted octanol–water partition coefficient (Wildman–Crippen LogP) is 21.3. The van der Waals surface area contributed by atoms with Crippen LogP contribution < -0.4 is 0 Å². The van der Waals surface area contributed by atoms with Crippen molar-refractivity contribution in [3.05, 3.63) is 310 Å². The number of rotatable bonds is 22. The lowest BCUT2D eigenvalue weighted by molar-refractivity contribution is -0.142. The van der Waals surface area contributed by atoms with Crippen molar-refractivity contribution < 1.29 is 70.3 Å². The van der Waals surface area contributed by atoms with E-state index in [4.69, 9.17) is 78.3 Å². The first-order valence-corrected chi connectivity index (χ1v) is 42.3. The molecule has 9 heterocycles. The fraction of sp³-hybridized carbons (Fsp3) is 0.196. The summed E-state index contributed by atoms with van der Waals surface area (Å²) >= 11 is 23.5. The van der Waals surface area contributed by atoms with Crippen LogP contribution in [-0.4, -0.2) is 114 Å². The lowest BCUT2D eigenvalue weighted by Gasteiger charge is -2.27. The van der Waals surface area contributed by atoms with Crippen LogP contribution in [0, 0.1) is 30.6 Å². The Hall–Kier alpha value is -13.0. The number of furan rings is 5. The Kier molecular flexibility index (Phi) is 31.9. The number of fused-ring (bicyclic) bond motifs is 1. The molecule has 0 spiro atoms. The molecule has 0 atom stereocenters. The van der Waals surface area contributed by atoms with Gasteiger partial charge in [0.15, 0.2) is 28.9 Å². The van der Waals surface area contributed by atoms with Crippen LogP contribution in [0.4, 0.5) is 0 Å². The highest BCUT2D eigenvalue weighted by atomic mass is 79.9. The van der Waals surface area contributed by atoms with E-state index in [-0.39, 0.29) is 77.4 Å². The summed E-state index contributed by atoms with van der Waals surface area (Å²) in [5, 5.41) is 33.8. The maximum atomic E-state index is 13.0. The van der Waals surface area contributed by atoms with Crippen molar-refractivity contribution in [2.24, 2.45) is 5.10 Å². The second-order valence-electron chi connectivity index (χ2n) is 28.4. The summed E-state index contributed by atoms with van der Waals surface area (Å²) in [5.41, 5.74) is 10.3. The summed E-state index contributed by atoms with van der Waals surface area (Å²) in [6, 6.07) is 51.8. The second-order valence-corrected chi connectivity index (χ2v) is 31.6. The average molecular weight is 1810 g/mol. The Morgan fingerprint density at radius 1 is 0.653 bits per heavy atom. The highest BCUT2D eigenvalue weighted by Crippen LogP contribution is 2.38. The van der Waals surface area contributed by atoms with Crippen molar-refractivity contribution in [2.75, 3.05) is 32.1 Å². The molecule has 0 radical (unpaired) electrons. The van der Waals surface area contributed by atoms with Gasteiger partial charge >= 0.3 is 5.97 Å². The standard InChI is InChI=1S/C26H24ClNO6.C21H17BrN2O3.C19H12Cl2N4O2S.C16H16O2.C15H14O2/c1-4-13-33-26(32)21-14-17(7-9-22(21)27)23-10-8-18(34-23)15-20-16(3)19(5-2)24(30)28(25(20)31)11-6-12-29;1-3-10-24-20(25)17(13(2)18(12-23)21(24)26)11-16-8-9-19(27-16)14-4-6-15(22)7-5-14;1-10-12(6-7-26-10)18-22-23-19-25(18)24-15(9-28-19)17-5-4-16(27-17)13-8-11(20)2-3-14(13)21;1-2-13-5-3-6-14(11-13)12-15(17)8-9-16-7-4-10-18-16;1-10(2)11-3-5-12(6-4-11)14-9-13(16)7-8-15(14)17/h2,7-10,14-15,29H,4,6,11-13H2,1,3H3;4-9,11H,3,10H2,1-2H3;2-8H,9H2,1H3;3-11H,2,12H2,1H3;3-10H,1-2H3/b20-15-;17-11+;;9-8+;. The number of carbonyl (C=O) groups is 8. The number of aliphatic hydroxyl groups excluding tert-OH is 1. The number of carbonyl (C=O) groups excluding carboxylic acids is 8. The van der Waals surface area contributed by atoms with E-state index in [1.54, 1.807) is 122 Å². The molecule has 0 bridgehead atoms. The first-order valence-electron chi connectivity index (χ1n) is 39.4. The first kappa shape index (κ1) is 91.7. The van der Waals surface area contributed by atoms with Gasteiger partial charge in [-0.2, -0.15) is 15.0 Å². The van der Waals surface area contributed by atoms with Gasteiger partial charge in [-0.3, -0.25) is 43.4 Å². The molecule has 0 fully saturated rings. The number of aromatic nitrogens is 3. The molecule has 0 unspecified atom stereocenters. The summed E-state index contributed by atoms with van der Waals surface area (Å²) in [7, 11) is 0. The van der Waals surface area contributed by atoms with Crippen LogP contribution in [0.15, 0.2) is 271 Å². The number of nitriles is 1. The Morgan fingerprint density at radius 3 is 1.94 bits per heavy atom. The van der Waals surface area contributed by atoms with E-state index in [1.165, 1.54) is 35.4 Å². The summed E-state index contributed by atoms with van der Waals surface area (Å²) < 4.78 is 36.2. The Bertz CT molecular complexity index is 6220. The average Bonchev–Trinajstić information content (AvgIpc) is 1.74. The molecule has 27 heteroatoms. The van der Waals surface area contributed by atoms with E-state index in [0.717, 1.165) is 65.1 Å². The molecule has 1 aliphatic carbocycles. The SMILES string of the molecule is C#CC1=C(C)/C(=C/c2ccc(-c3ccc(Cl)c(C(=O)OCCC)c3)o2)C(=O)N(CCCO)C1=O.CC(C)c1ccc(C2=CC(=O)C=CC2=O)cc1.CCCN1C(=O)C(C#N)=C(C)/C(=C\c2ccc(-c3ccc(Br)cc3)o2)C1=O.CCc1cccc(CC(=O)/C=C/c2ccco2)c1.Cc1occc1-c1nnc2n1N=C(c1ccc(-c3cc(Cl)ccc3Cl)o1)CS2. The number of ether oxygens (including phenoxy) is 1. The first-order chi connectivity index (χ1) is 59.7. The number of esters is 1. The number of aryl methyl sites for hydroxylation is 2. The zero-order chi connectivity index (χ0) is 88.8. The summed E-state index contributed by atoms with van der Waals surface area (Å²) in [6.07, 6.45) is 22.1. The third kappa shape index (κ3) is 22.8. The fourth-order valence-electron chi connectivity index (χ4n) is 12.9. The van der Waals surface area contributed by atoms with Gasteiger partial charge in [0, 0.05) is 74.8 Å². The van der Waals surface area contributed by atoms with Gasteiger partial charge in [0.25, 0.3) is 23.6 Å². The summed E-state index contributed by atoms with van der Waals surface area (Å²) in [4.78, 5) is 99.8. The van der Waals surface area contributed by atoms with Crippen molar-refractivity contribution in [2.45, 2.75) is 98.6 Å². The monoisotopic (exact) mass is 1800 g/mol. The van der Waals surface area contributed by atoms with Gasteiger partial charge in [-0.25, -0.2) is 4.79 Å². The minimum Gasteiger partial charge on any atom is -0.469 e. The minimum absolute atomic E-state index is 0.00557. The third-order valence-electron chi connectivity index (χ3n) is 19.5. The second kappa shape index (κ2) is 43.1. The van der Waals surface area contributed by atoms with Gasteiger partial charge in [-0.15, -0.1) is 16.6 Å². The molecule has 22 nitrogen and oxygen atoms in total. The molecule has 1 N–H and O–H groups in total. The van der Waals surface area contributed by atoms with E-state index >= 15 is 0 Å². The third-order valence-corrected chi connectivity index (χ3v) is 21.8. The number of allylic oxidation sites excluding steroid dienone is 5. The van der Waals surface area contributed by atoms with Crippen LogP contribution in [-0.2, 0) is 51.1 Å². The van der Waals surface area contributed by atoms with Crippen LogP contribution in [0.2, 0.25) is 15.1 Å². The van der Waals surface area contributed by atoms with E-state index in [0.29, 0.717) is 115 Å². The number of nitrogens with zero attached hydrogens (tertiary/aromatic N) is 7. The molecule has 4 aliphatic rings. The van der Waals surface area contributed by atoms with E-state index < -0.39 is 29.6 Å². The van der Waals surface area contributed by atoms with Crippen molar-refractivity contribution in [3.8, 4) is 63.8 Å². The number of benzene rings is 5. The number of hydrogen-bond acceptors (Lipinski definition) is 20. The Morgan fingerprint density at radius 2 is 1.30 bits per heavy atom. The van der Waals surface area contributed by atoms with Gasteiger partial charge in [0.2, 0.25) is 5.16 Å². The quantitative estimate of drug-likeness (QED) is 0.0217. The molecule has 0 saturated carbocycles. The molecule has 630 valence electrons. The molecule has 15 rings (SSSR count). The predicted molar refractivity (Wildman–Crippen MR) is 482 cm³/mol. The number of terminal acetylenes is 1. The molecular formula is C97H83BrCl3N7O15S. The van der Waals surface area contributed by atoms with Crippen molar-refractivity contribution in [1.82, 2.24) is 24.7 Å². The summed E-state index contributed by atoms with van der Waals surface area (Å²) in [6.45, 7) is 15.7. The maximum Gasteiger partial charge on any atom is 0.339 e. The Labute approximate surface area is 743 Å². The van der Waals surface area contributed by atoms with Gasteiger partial charge in [-0.05, 0) is 231 Å². The lowest BCUT2D eigenvalue weighted by atomic mass is 9.94. The van der Waals surface area contributed by atoms with Gasteiger partial charge in [-0.1, -0.05) is 164 Å². The molecule has 3 aliphatic heterocycles. The number of amides is 4. The molecule has 124 heavy (non-hydrogen) atoms. The smallest absolute Gasteiger partial charge is 0.339 e. The minimum atomic E-state index is -0.556. The van der Waals surface area contributed by atoms with E-state index in [1.807, 2.05) is 118 Å².